The van der Waals surface area contributed by atoms with Crippen LogP contribution in [0.1, 0.15) is 36.0 Å². The average molecular weight is 482 g/mol. The first-order valence-corrected chi connectivity index (χ1v) is 10.2. The molecule has 1 aliphatic rings. The van der Waals surface area contributed by atoms with Crippen LogP contribution in [0.25, 0.3) is 10.9 Å². The first-order chi connectivity index (χ1) is 15.1. The van der Waals surface area contributed by atoms with Crippen molar-refractivity contribution in [3.8, 4) is 5.75 Å². The molecule has 1 aromatic carbocycles. The second kappa shape index (κ2) is 10.1. The van der Waals surface area contributed by atoms with Crippen LogP contribution in [0.3, 0.4) is 0 Å². The Balaban J connectivity index is 1.59. The lowest BCUT2D eigenvalue weighted by Gasteiger charge is -2.32. The molecule has 1 saturated carbocycles. The monoisotopic (exact) mass is 481 g/mol. The third-order valence-corrected chi connectivity index (χ3v) is 5.59. The van der Waals surface area contributed by atoms with Gasteiger partial charge in [0.05, 0.1) is 22.7 Å². The Morgan fingerprint density at radius 2 is 1.84 bits per heavy atom. The lowest BCUT2D eigenvalue weighted by atomic mass is 9.90. The molecule has 176 valence electrons. The second-order valence-electron chi connectivity index (χ2n) is 7.54. The Morgan fingerprint density at radius 1 is 1.19 bits per heavy atom. The molecule has 3 rings (SSSR count). The summed E-state index contributed by atoms with van der Waals surface area (Å²) in [6, 6.07) is 1.53. The number of pyridine rings is 1. The summed E-state index contributed by atoms with van der Waals surface area (Å²) in [6.45, 7) is -4.07. The lowest BCUT2D eigenvalue weighted by molar-refractivity contribution is -0.166. The average Bonchev–Trinajstić information content (AvgIpc) is 2.72. The van der Waals surface area contributed by atoms with E-state index in [2.05, 4.69) is 20.4 Å². The zero-order chi connectivity index (χ0) is 23.5. The topological polar surface area (TPSA) is 83.5 Å². The van der Waals surface area contributed by atoms with Gasteiger partial charge in [0.2, 0.25) is 0 Å². The van der Waals surface area contributed by atoms with E-state index in [1.165, 1.54) is 24.4 Å². The van der Waals surface area contributed by atoms with E-state index in [1.807, 2.05) is 0 Å². The fourth-order valence-corrected chi connectivity index (χ4v) is 3.86. The maximum atomic E-state index is 12.8. The Kier molecular flexibility index (Phi) is 7.73. The van der Waals surface area contributed by atoms with Crippen molar-refractivity contribution in [2.45, 2.75) is 56.6 Å². The molecule has 0 radical (unpaired) electrons. The standard InChI is InChI=1S/C20H21ClF5N3O3/c21-14-6-10-5-11(8-27-15(10)7-16(14)32-19(22)23)18(31)29-13-3-1-12(2-4-13)28-17(9-30)20(24,25)26/h5-8,12-13,17,19,28,30H,1-4,9H2,(H,29,31)/t12?,13?,17-/m1/s1. The highest BCUT2D eigenvalue weighted by Crippen LogP contribution is 2.31. The molecule has 6 nitrogen and oxygen atoms in total. The maximum Gasteiger partial charge on any atom is 0.406 e. The molecule has 1 aliphatic carbocycles. The van der Waals surface area contributed by atoms with E-state index in [9.17, 15) is 26.7 Å². The van der Waals surface area contributed by atoms with Crippen LogP contribution in [0.2, 0.25) is 5.02 Å². The van der Waals surface area contributed by atoms with Gasteiger partial charge in [0.25, 0.3) is 5.91 Å². The van der Waals surface area contributed by atoms with Crippen molar-refractivity contribution in [3.05, 3.63) is 35.0 Å². The number of rotatable bonds is 7. The number of ether oxygens (including phenoxy) is 1. The minimum atomic E-state index is -4.53. The van der Waals surface area contributed by atoms with E-state index >= 15 is 0 Å². The third-order valence-electron chi connectivity index (χ3n) is 5.29. The highest BCUT2D eigenvalue weighted by molar-refractivity contribution is 6.32. The summed E-state index contributed by atoms with van der Waals surface area (Å²) in [5, 5.41) is 14.6. The van der Waals surface area contributed by atoms with Gasteiger partial charge in [-0.25, -0.2) is 0 Å². The molecule has 1 heterocycles. The van der Waals surface area contributed by atoms with Crippen LogP contribution in [-0.4, -0.2) is 53.5 Å². The quantitative estimate of drug-likeness (QED) is 0.520. The molecule has 0 saturated heterocycles. The predicted octanol–water partition coefficient (Wildman–Crippen LogP) is 4.04. The largest absolute Gasteiger partial charge is 0.433 e. The molecule has 32 heavy (non-hydrogen) atoms. The van der Waals surface area contributed by atoms with E-state index in [1.54, 1.807) is 0 Å². The third kappa shape index (κ3) is 6.17. The zero-order valence-corrected chi connectivity index (χ0v) is 17.4. The summed E-state index contributed by atoms with van der Waals surface area (Å²) in [5.74, 6) is -0.637. The van der Waals surface area contributed by atoms with E-state index in [-0.39, 0.29) is 22.4 Å². The van der Waals surface area contributed by atoms with E-state index in [0.29, 0.717) is 36.6 Å². The number of nitrogens with zero attached hydrogens (tertiary/aromatic N) is 1. The van der Waals surface area contributed by atoms with Gasteiger partial charge in [-0.2, -0.15) is 22.0 Å². The number of alkyl halides is 5. The summed E-state index contributed by atoms with van der Waals surface area (Å²) in [4.78, 5) is 16.7. The van der Waals surface area contributed by atoms with Gasteiger partial charge in [0.15, 0.2) is 0 Å². The van der Waals surface area contributed by atoms with Gasteiger partial charge in [-0.1, -0.05) is 11.6 Å². The summed E-state index contributed by atoms with van der Waals surface area (Å²) in [6.07, 6.45) is -1.47. The first kappa shape index (κ1) is 24.4. The number of hydrogen-bond donors (Lipinski definition) is 3. The molecular formula is C20H21ClF5N3O3. The van der Waals surface area contributed by atoms with E-state index in [4.69, 9.17) is 16.7 Å². The van der Waals surface area contributed by atoms with Crippen LogP contribution in [0.15, 0.2) is 24.4 Å². The van der Waals surface area contributed by atoms with Crippen molar-refractivity contribution < 1.29 is 36.6 Å². The van der Waals surface area contributed by atoms with Crippen LogP contribution in [0, 0.1) is 0 Å². The van der Waals surface area contributed by atoms with Gasteiger partial charge in [-0.15, -0.1) is 0 Å². The number of halogens is 6. The molecule has 1 fully saturated rings. The normalized spacial score (nSPS) is 20.4. The van der Waals surface area contributed by atoms with Crippen molar-refractivity contribution in [1.29, 1.82) is 0 Å². The molecular weight excluding hydrogens is 461 g/mol. The fourth-order valence-electron chi connectivity index (χ4n) is 3.65. The zero-order valence-electron chi connectivity index (χ0n) is 16.6. The molecule has 0 bridgehead atoms. The lowest BCUT2D eigenvalue weighted by Crippen LogP contribution is -2.51. The van der Waals surface area contributed by atoms with E-state index < -0.39 is 37.4 Å². The van der Waals surface area contributed by atoms with Crippen LogP contribution in [0.5, 0.6) is 5.75 Å². The molecule has 1 atom stereocenters. The predicted molar refractivity (Wildman–Crippen MR) is 107 cm³/mol. The molecule has 12 heteroatoms. The fraction of sp³-hybridized carbons (Fsp3) is 0.500. The smallest absolute Gasteiger partial charge is 0.406 e. The molecule has 0 spiro atoms. The summed E-state index contributed by atoms with van der Waals surface area (Å²) >= 11 is 5.94. The van der Waals surface area contributed by atoms with Gasteiger partial charge in [0.1, 0.15) is 11.8 Å². The van der Waals surface area contributed by atoms with Gasteiger partial charge >= 0.3 is 12.8 Å². The highest BCUT2D eigenvalue weighted by atomic mass is 35.5. The number of aliphatic hydroxyl groups is 1. The molecule has 0 unspecified atom stereocenters. The minimum Gasteiger partial charge on any atom is -0.433 e. The summed E-state index contributed by atoms with van der Waals surface area (Å²) in [7, 11) is 0. The SMILES string of the molecule is O=C(NC1CCC(N[C@H](CO)C(F)(F)F)CC1)c1cnc2cc(OC(F)F)c(Cl)cc2c1. The number of carbonyl (C=O) groups excluding carboxylic acids is 1. The molecule has 1 aromatic heterocycles. The van der Waals surface area contributed by atoms with Crippen LogP contribution in [-0.2, 0) is 0 Å². The summed E-state index contributed by atoms with van der Waals surface area (Å²) < 4.78 is 67.6. The molecule has 0 aliphatic heterocycles. The number of aliphatic hydroxyl groups excluding tert-OH is 1. The number of aromatic nitrogens is 1. The van der Waals surface area contributed by atoms with Gasteiger partial charge in [-0.3, -0.25) is 9.78 Å². The Bertz CT molecular complexity index is 952. The van der Waals surface area contributed by atoms with Crippen molar-refractivity contribution >= 4 is 28.4 Å². The van der Waals surface area contributed by atoms with Crippen LogP contribution in [0.4, 0.5) is 22.0 Å². The van der Waals surface area contributed by atoms with Crippen molar-refractivity contribution in [2.75, 3.05) is 6.61 Å². The van der Waals surface area contributed by atoms with Crippen LogP contribution < -0.4 is 15.4 Å². The molecule has 2 aromatic rings. The molecule has 3 N–H and O–H groups in total. The van der Waals surface area contributed by atoms with Crippen molar-refractivity contribution in [3.63, 3.8) is 0 Å². The number of amides is 1. The van der Waals surface area contributed by atoms with Crippen molar-refractivity contribution in [2.24, 2.45) is 0 Å². The Morgan fingerprint density at radius 3 is 2.44 bits per heavy atom. The number of hydrogen-bond acceptors (Lipinski definition) is 5. The maximum absolute atomic E-state index is 12.8. The second-order valence-corrected chi connectivity index (χ2v) is 7.95. The van der Waals surface area contributed by atoms with Crippen LogP contribution >= 0.6 is 11.6 Å². The van der Waals surface area contributed by atoms with Gasteiger partial charge in [0, 0.05) is 29.7 Å². The first-order valence-electron chi connectivity index (χ1n) is 9.85. The van der Waals surface area contributed by atoms with E-state index in [0.717, 1.165) is 0 Å². The molecule has 1 amide bonds. The number of nitrogens with one attached hydrogen (secondary N) is 2. The number of carbonyl (C=O) groups is 1. The highest BCUT2D eigenvalue weighted by Gasteiger charge is 2.40. The van der Waals surface area contributed by atoms with Crippen molar-refractivity contribution in [1.82, 2.24) is 15.6 Å². The Hall–Kier alpha value is -2.24. The Labute approximate surface area is 185 Å². The number of benzene rings is 1. The minimum absolute atomic E-state index is 0.0528. The summed E-state index contributed by atoms with van der Waals surface area (Å²) in [5.41, 5.74) is 0.546. The van der Waals surface area contributed by atoms with Gasteiger partial charge in [-0.05, 0) is 37.8 Å². The number of fused-ring (bicyclic) bond motifs is 1. The van der Waals surface area contributed by atoms with Gasteiger partial charge < -0.3 is 20.5 Å².